The average Bonchev–Trinajstić information content (AvgIpc) is 3.01. The van der Waals surface area contributed by atoms with Gasteiger partial charge in [0.05, 0.1) is 17.6 Å². The number of benzene rings is 1. The van der Waals surface area contributed by atoms with Crippen LogP contribution >= 0.6 is 0 Å². The molecule has 0 aliphatic heterocycles. The highest BCUT2D eigenvalue weighted by Crippen LogP contribution is 2.25. The second-order valence-electron chi connectivity index (χ2n) is 4.82. The highest BCUT2D eigenvalue weighted by atomic mass is 16.6. The topological polar surface area (TPSA) is 92.9 Å². The number of aromatic amines is 1. The van der Waals surface area contributed by atoms with E-state index in [1.807, 2.05) is 24.3 Å². The van der Waals surface area contributed by atoms with Gasteiger partial charge in [-0.3, -0.25) is 4.57 Å². The molecule has 0 saturated carbocycles. The molecule has 0 radical (unpaired) electrons. The molecule has 0 bridgehead atoms. The van der Waals surface area contributed by atoms with Gasteiger partial charge in [-0.1, -0.05) is 12.1 Å². The normalized spacial score (nSPS) is 11.0. The summed E-state index contributed by atoms with van der Waals surface area (Å²) in [7, 11) is 3.50. The number of hydrogen-bond acceptors (Lipinski definition) is 5. The van der Waals surface area contributed by atoms with Crippen molar-refractivity contribution in [3.8, 4) is 0 Å². The molecular formula is C13H14N6O2. The van der Waals surface area contributed by atoms with E-state index in [1.165, 1.54) is 6.33 Å². The molecule has 1 N–H and O–H groups in total. The Morgan fingerprint density at radius 2 is 2.19 bits per heavy atom. The van der Waals surface area contributed by atoms with Gasteiger partial charge in [0, 0.05) is 14.1 Å². The van der Waals surface area contributed by atoms with Crippen LogP contribution in [0.5, 0.6) is 0 Å². The molecule has 2 heterocycles. The van der Waals surface area contributed by atoms with E-state index >= 15 is 0 Å². The van der Waals surface area contributed by atoms with Gasteiger partial charge in [0.15, 0.2) is 0 Å². The predicted octanol–water partition coefficient (Wildman–Crippen LogP) is 1.84. The van der Waals surface area contributed by atoms with Gasteiger partial charge in [-0.25, -0.2) is 4.98 Å². The first-order chi connectivity index (χ1) is 10.1. The number of rotatable bonds is 4. The van der Waals surface area contributed by atoms with Crippen LogP contribution in [0.2, 0.25) is 0 Å². The van der Waals surface area contributed by atoms with E-state index in [1.54, 1.807) is 23.6 Å². The van der Waals surface area contributed by atoms with Crippen LogP contribution in [0.3, 0.4) is 0 Å². The molecule has 2 aromatic heterocycles. The number of fused-ring (bicyclic) bond motifs is 1. The highest BCUT2D eigenvalue weighted by molar-refractivity contribution is 5.74. The van der Waals surface area contributed by atoms with Gasteiger partial charge in [0.25, 0.3) is 0 Å². The first-order valence-electron chi connectivity index (χ1n) is 6.36. The van der Waals surface area contributed by atoms with E-state index < -0.39 is 4.92 Å². The summed E-state index contributed by atoms with van der Waals surface area (Å²) in [4.78, 5) is 23.8. The van der Waals surface area contributed by atoms with Gasteiger partial charge in [0.2, 0.25) is 12.1 Å². The van der Waals surface area contributed by atoms with Crippen molar-refractivity contribution in [1.29, 1.82) is 0 Å². The Kier molecular flexibility index (Phi) is 3.05. The van der Waals surface area contributed by atoms with Gasteiger partial charge < -0.3 is 20.0 Å². The van der Waals surface area contributed by atoms with Crippen molar-refractivity contribution < 1.29 is 4.92 Å². The molecular weight excluding hydrogens is 272 g/mol. The fraction of sp³-hybridized carbons (Fsp3) is 0.231. The Morgan fingerprint density at radius 3 is 2.90 bits per heavy atom. The van der Waals surface area contributed by atoms with Crippen molar-refractivity contribution >= 4 is 22.7 Å². The van der Waals surface area contributed by atoms with Crippen LogP contribution in [-0.4, -0.2) is 31.5 Å². The number of para-hydroxylation sites is 2. The lowest BCUT2D eigenvalue weighted by atomic mass is 10.3. The average molecular weight is 286 g/mol. The smallest absolute Gasteiger partial charge is 0.358 e. The summed E-state index contributed by atoms with van der Waals surface area (Å²) < 4.78 is 1.63. The monoisotopic (exact) mass is 286 g/mol. The first-order valence-corrected chi connectivity index (χ1v) is 6.36. The zero-order valence-corrected chi connectivity index (χ0v) is 11.6. The van der Waals surface area contributed by atoms with Crippen molar-refractivity contribution in [1.82, 2.24) is 19.5 Å². The highest BCUT2D eigenvalue weighted by Gasteiger charge is 2.24. The van der Waals surface area contributed by atoms with Gasteiger partial charge >= 0.3 is 5.82 Å². The quantitative estimate of drug-likeness (QED) is 0.583. The lowest BCUT2D eigenvalue weighted by molar-refractivity contribution is -0.388. The fourth-order valence-corrected chi connectivity index (χ4v) is 2.36. The van der Waals surface area contributed by atoms with Crippen molar-refractivity contribution in [2.45, 2.75) is 6.54 Å². The fourth-order valence-electron chi connectivity index (χ4n) is 2.36. The zero-order valence-electron chi connectivity index (χ0n) is 11.6. The van der Waals surface area contributed by atoms with E-state index in [2.05, 4.69) is 15.0 Å². The maximum absolute atomic E-state index is 11.0. The van der Waals surface area contributed by atoms with Gasteiger partial charge in [0.1, 0.15) is 5.82 Å². The van der Waals surface area contributed by atoms with E-state index in [0.717, 1.165) is 16.9 Å². The second-order valence-corrected chi connectivity index (χ2v) is 4.82. The molecule has 0 spiro atoms. The molecule has 3 rings (SSSR count). The molecule has 0 atom stereocenters. The second kappa shape index (κ2) is 4.89. The maximum Gasteiger partial charge on any atom is 0.406 e. The van der Waals surface area contributed by atoms with E-state index in [9.17, 15) is 10.1 Å². The Morgan fingerprint density at radius 1 is 1.43 bits per heavy atom. The number of nitrogens with zero attached hydrogens (tertiary/aromatic N) is 5. The van der Waals surface area contributed by atoms with E-state index in [0.29, 0.717) is 12.4 Å². The molecule has 0 amide bonds. The number of nitro groups is 1. The number of imidazole rings is 2. The van der Waals surface area contributed by atoms with Crippen molar-refractivity contribution in [2.24, 2.45) is 7.05 Å². The SMILES string of the molecule is CN(Cc1nc2ccccc2[nH]1)c1c([N+](=O)[O-])ncn1C. The van der Waals surface area contributed by atoms with Crippen molar-refractivity contribution in [3.63, 3.8) is 0 Å². The van der Waals surface area contributed by atoms with Crippen LogP contribution < -0.4 is 4.90 Å². The molecule has 8 heteroatoms. The minimum atomic E-state index is -0.482. The Bertz CT molecular complexity index is 773. The number of H-pyrrole nitrogens is 1. The molecule has 0 aliphatic carbocycles. The molecule has 0 aliphatic rings. The minimum absolute atomic E-state index is 0.156. The predicted molar refractivity (Wildman–Crippen MR) is 78.1 cm³/mol. The van der Waals surface area contributed by atoms with Crippen molar-refractivity contribution in [3.05, 3.63) is 46.5 Å². The third kappa shape index (κ3) is 2.31. The first kappa shape index (κ1) is 13.1. The van der Waals surface area contributed by atoms with Crippen LogP contribution in [-0.2, 0) is 13.6 Å². The largest absolute Gasteiger partial charge is 0.406 e. The lowest BCUT2D eigenvalue weighted by Gasteiger charge is -2.16. The molecule has 21 heavy (non-hydrogen) atoms. The van der Waals surface area contributed by atoms with Gasteiger partial charge in [-0.15, -0.1) is 0 Å². The Labute approximate surface area is 120 Å². The summed E-state index contributed by atoms with van der Waals surface area (Å²) in [6.45, 7) is 0.426. The molecule has 1 aromatic carbocycles. The summed E-state index contributed by atoms with van der Waals surface area (Å²) in [5.41, 5.74) is 1.82. The summed E-state index contributed by atoms with van der Waals surface area (Å²) in [6.07, 6.45) is 1.43. The Balaban J connectivity index is 1.91. The number of nitrogens with one attached hydrogen (secondary N) is 1. The lowest BCUT2D eigenvalue weighted by Crippen LogP contribution is -2.20. The third-order valence-electron chi connectivity index (χ3n) is 3.25. The van der Waals surface area contributed by atoms with E-state index in [4.69, 9.17) is 0 Å². The van der Waals surface area contributed by atoms with Crippen LogP contribution in [0.1, 0.15) is 5.82 Å². The summed E-state index contributed by atoms with van der Waals surface area (Å²) in [5.74, 6) is 1.03. The third-order valence-corrected chi connectivity index (χ3v) is 3.25. The molecule has 0 fully saturated rings. The maximum atomic E-state index is 11.0. The number of aryl methyl sites for hydroxylation is 1. The molecule has 0 saturated heterocycles. The molecule has 0 unspecified atom stereocenters. The molecule has 3 aromatic rings. The van der Waals surface area contributed by atoms with Crippen LogP contribution in [0.15, 0.2) is 30.6 Å². The molecule has 108 valence electrons. The van der Waals surface area contributed by atoms with Crippen LogP contribution in [0.25, 0.3) is 11.0 Å². The van der Waals surface area contributed by atoms with Gasteiger partial charge in [-0.05, 0) is 22.0 Å². The Hall–Kier alpha value is -2.90. The summed E-state index contributed by atoms with van der Waals surface area (Å²) >= 11 is 0. The number of hydrogen-bond donors (Lipinski definition) is 1. The standard InChI is InChI=1S/C13H14N6O2/c1-17(13-12(19(20)21)14-8-18(13)2)7-11-15-9-5-3-4-6-10(9)16-11/h3-6,8H,7H2,1-2H3,(H,15,16). The molecule has 8 nitrogen and oxygen atoms in total. The van der Waals surface area contributed by atoms with Crippen molar-refractivity contribution in [2.75, 3.05) is 11.9 Å². The van der Waals surface area contributed by atoms with Gasteiger partial charge in [-0.2, -0.15) is 0 Å². The summed E-state index contributed by atoms with van der Waals surface area (Å²) in [5, 5.41) is 11.0. The van der Waals surface area contributed by atoms with E-state index in [-0.39, 0.29) is 5.82 Å². The number of anilines is 1. The zero-order chi connectivity index (χ0) is 15.0. The van der Waals surface area contributed by atoms with Crippen LogP contribution in [0, 0.1) is 10.1 Å². The van der Waals surface area contributed by atoms with Crippen LogP contribution in [0.4, 0.5) is 11.6 Å². The minimum Gasteiger partial charge on any atom is -0.358 e. The number of aromatic nitrogens is 4. The summed E-state index contributed by atoms with van der Waals surface area (Å²) in [6, 6.07) is 7.71.